The van der Waals surface area contributed by atoms with Crippen LogP contribution in [0.4, 0.5) is 28.9 Å². The van der Waals surface area contributed by atoms with Gasteiger partial charge in [-0.15, -0.1) is 0 Å². The predicted molar refractivity (Wildman–Crippen MR) is 73.6 cm³/mol. The standard InChI is InChI=1S/C14H9F4N3O2/c15-9-7(13(20)22)10(16)12(18)8(11(9)17)14(23)21-6-3-1-5(19)2-4-6/h1-4H,19H2,(H2,20,22)(H,21,23). The molecule has 9 heteroatoms. The van der Waals surface area contributed by atoms with E-state index in [0.29, 0.717) is 5.69 Å². The number of benzene rings is 2. The van der Waals surface area contributed by atoms with Crippen LogP contribution >= 0.6 is 0 Å². The molecular formula is C14H9F4N3O2. The highest BCUT2D eigenvalue weighted by Crippen LogP contribution is 2.25. The summed E-state index contributed by atoms with van der Waals surface area (Å²) in [6, 6.07) is 5.40. The molecule has 2 rings (SSSR count). The number of rotatable bonds is 3. The zero-order valence-electron chi connectivity index (χ0n) is 11.3. The lowest BCUT2D eigenvalue weighted by atomic mass is 10.1. The van der Waals surface area contributed by atoms with Crippen LogP contribution in [0.1, 0.15) is 20.7 Å². The Morgan fingerprint density at radius 3 is 1.70 bits per heavy atom. The third-order valence-corrected chi connectivity index (χ3v) is 2.91. The highest BCUT2D eigenvalue weighted by molar-refractivity contribution is 6.05. The van der Waals surface area contributed by atoms with Crippen LogP contribution in [0.15, 0.2) is 24.3 Å². The van der Waals surface area contributed by atoms with Gasteiger partial charge in [-0.3, -0.25) is 9.59 Å². The maximum Gasteiger partial charge on any atom is 0.261 e. The van der Waals surface area contributed by atoms with E-state index in [9.17, 15) is 27.2 Å². The largest absolute Gasteiger partial charge is 0.399 e. The van der Waals surface area contributed by atoms with Gasteiger partial charge in [0, 0.05) is 11.4 Å². The molecule has 0 heterocycles. The molecule has 0 aromatic heterocycles. The second-order valence-corrected chi connectivity index (χ2v) is 4.45. The second kappa shape index (κ2) is 5.95. The third-order valence-electron chi connectivity index (χ3n) is 2.91. The molecule has 0 saturated carbocycles. The lowest BCUT2D eigenvalue weighted by molar-refractivity contribution is 0.0978. The fourth-order valence-corrected chi connectivity index (χ4v) is 1.81. The molecule has 5 nitrogen and oxygen atoms in total. The number of primary amides is 1. The van der Waals surface area contributed by atoms with Gasteiger partial charge in [0.15, 0.2) is 23.3 Å². The lowest BCUT2D eigenvalue weighted by Crippen LogP contribution is -2.23. The van der Waals surface area contributed by atoms with Crippen LogP contribution < -0.4 is 16.8 Å². The number of amides is 2. The van der Waals surface area contributed by atoms with Crippen molar-refractivity contribution in [3.63, 3.8) is 0 Å². The summed E-state index contributed by atoms with van der Waals surface area (Å²) in [5.41, 5.74) is 7.42. The number of hydrogen-bond acceptors (Lipinski definition) is 3. The van der Waals surface area contributed by atoms with Crippen molar-refractivity contribution in [2.45, 2.75) is 0 Å². The van der Waals surface area contributed by atoms with Crippen LogP contribution in [0, 0.1) is 23.3 Å². The average molecular weight is 327 g/mol. The smallest absolute Gasteiger partial charge is 0.261 e. The minimum absolute atomic E-state index is 0.0859. The van der Waals surface area contributed by atoms with E-state index >= 15 is 0 Å². The number of carbonyl (C=O) groups excluding carboxylic acids is 2. The summed E-state index contributed by atoms with van der Waals surface area (Å²) in [7, 11) is 0. The van der Waals surface area contributed by atoms with E-state index in [0.717, 1.165) is 0 Å². The van der Waals surface area contributed by atoms with Gasteiger partial charge in [-0.05, 0) is 24.3 Å². The highest BCUT2D eigenvalue weighted by atomic mass is 19.2. The molecule has 0 spiro atoms. The molecular weight excluding hydrogens is 318 g/mol. The maximum atomic E-state index is 13.8. The van der Waals surface area contributed by atoms with E-state index in [-0.39, 0.29) is 5.69 Å². The van der Waals surface area contributed by atoms with Gasteiger partial charge in [-0.1, -0.05) is 0 Å². The van der Waals surface area contributed by atoms with Crippen LogP contribution in [-0.2, 0) is 0 Å². The van der Waals surface area contributed by atoms with Crippen molar-refractivity contribution in [2.24, 2.45) is 5.73 Å². The molecule has 0 fully saturated rings. The predicted octanol–water partition coefficient (Wildman–Crippen LogP) is 2.18. The number of hydrogen-bond donors (Lipinski definition) is 3. The van der Waals surface area contributed by atoms with Crippen molar-refractivity contribution in [3.05, 3.63) is 58.7 Å². The normalized spacial score (nSPS) is 10.4. The molecule has 0 atom stereocenters. The Hall–Kier alpha value is -3.10. The van der Waals surface area contributed by atoms with Gasteiger partial charge in [0.1, 0.15) is 11.1 Å². The molecule has 23 heavy (non-hydrogen) atoms. The van der Waals surface area contributed by atoms with Crippen molar-refractivity contribution in [1.29, 1.82) is 0 Å². The second-order valence-electron chi connectivity index (χ2n) is 4.45. The molecule has 120 valence electrons. The minimum atomic E-state index is -2.04. The monoisotopic (exact) mass is 327 g/mol. The van der Waals surface area contributed by atoms with Gasteiger partial charge >= 0.3 is 0 Å². The van der Waals surface area contributed by atoms with Crippen molar-refractivity contribution in [2.75, 3.05) is 11.1 Å². The van der Waals surface area contributed by atoms with Crippen LogP contribution in [0.3, 0.4) is 0 Å². The molecule has 2 amide bonds. The zero-order chi connectivity index (χ0) is 17.3. The number of nitrogens with two attached hydrogens (primary N) is 2. The molecule has 0 radical (unpaired) electrons. The topological polar surface area (TPSA) is 98.2 Å². The molecule has 0 unspecified atom stereocenters. The van der Waals surface area contributed by atoms with Crippen molar-refractivity contribution in [3.8, 4) is 0 Å². The summed E-state index contributed by atoms with van der Waals surface area (Å²) in [5, 5.41) is 2.05. The SMILES string of the molecule is NC(=O)c1c(F)c(F)c(C(=O)Nc2ccc(N)cc2)c(F)c1F. The van der Waals surface area contributed by atoms with Crippen molar-refractivity contribution >= 4 is 23.2 Å². The lowest BCUT2D eigenvalue weighted by Gasteiger charge is -2.11. The number of anilines is 2. The Kier molecular flexibility index (Phi) is 4.21. The Balaban J connectivity index is 2.49. The van der Waals surface area contributed by atoms with E-state index in [4.69, 9.17) is 5.73 Å². The van der Waals surface area contributed by atoms with Gasteiger partial charge in [0.05, 0.1) is 0 Å². The van der Waals surface area contributed by atoms with E-state index in [2.05, 4.69) is 5.73 Å². The summed E-state index contributed by atoms with van der Waals surface area (Å²) < 4.78 is 54.9. The Morgan fingerprint density at radius 2 is 1.26 bits per heavy atom. The summed E-state index contributed by atoms with van der Waals surface area (Å²) in [6.07, 6.45) is 0. The molecule has 0 bridgehead atoms. The van der Waals surface area contributed by atoms with Gasteiger partial charge < -0.3 is 16.8 Å². The Bertz CT molecular complexity index is 778. The first kappa shape index (κ1) is 16.3. The molecule has 0 aliphatic carbocycles. The fraction of sp³-hybridized carbons (Fsp3) is 0. The van der Waals surface area contributed by atoms with E-state index in [1.165, 1.54) is 24.3 Å². The number of nitrogen functional groups attached to an aromatic ring is 1. The third kappa shape index (κ3) is 2.93. The van der Waals surface area contributed by atoms with E-state index in [1.807, 2.05) is 5.32 Å². The van der Waals surface area contributed by atoms with Gasteiger partial charge in [0.25, 0.3) is 11.8 Å². The zero-order valence-corrected chi connectivity index (χ0v) is 11.3. The first-order valence-corrected chi connectivity index (χ1v) is 6.06. The molecule has 2 aromatic carbocycles. The maximum absolute atomic E-state index is 13.8. The van der Waals surface area contributed by atoms with E-state index < -0.39 is 46.2 Å². The van der Waals surface area contributed by atoms with Crippen LogP contribution in [0.5, 0.6) is 0 Å². The van der Waals surface area contributed by atoms with Gasteiger partial charge in [0.2, 0.25) is 0 Å². The average Bonchev–Trinajstić information content (AvgIpc) is 2.48. The summed E-state index contributed by atoms with van der Waals surface area (Å²) in [6.45, 7) is 0. The Morgan fingerprint density at radius 1 is 0.826 bits per heavy atom. The van der Waals surface area contributed by atoms with Gasteiger partial charge in [-0.25, -0.2) is 17.6 Å². The van der Waals surface area contributed by atoms with Crippen molar-refractivity contribution in [1.82, 2.24) is 0 Å². The molecule has 0 aliphatic rings. The van der Waals surface area contributed by atoms with E-state index in [1.54, 1.807) is 0 Å². The minimum Gasteiger partial charge on any atom is -0.399 e. The summed E-state index contributed by atoms with van der Waals surface area (Å²) in [5.74, 6) is -11.3. The number of nitrogens with one attached hydrogen (secondary N) is 1. The first-order valence-electron chi connectivity index (χ1n) is 6.06. The quantitative estimate of drug-likeness (QED) is 0.458. The highest BCUT2D eigenvalue weighted by Gasteiger charge is 2.31. The first-order chi connectivity index (χ1) is 10.7. The van der Waals surface area contributed by atoms with Crippen molar-refractivity contribution < 1.29 is 27.2 Å². The molecule has 0 aliphatic heterocycles. The number of halogens is 4. The number of carbonyl (C=O) groups is 2. The molecule has 0 saturated heterocycles. The summed E-state index contributed by atoms with van der Waals surface area (Å²) in [4.78, 5) is 22.7. The molecule has 2 aromatic rings. The van der Waals surface area contributed by atoms with Crippen LogP contribution in [-0.4, -0.2) is 11.8 Å². The van der Waals surface area contributed by atoms with Crippen LogP contribution in [0.2, 0.25) is 0 Å². The Labute approximate surface area is 126 Å². The summed E-state index contributed by atoms with van der Waals surface area (Å²) >= 11 is 0. The van der Waals surface area contributed by atoms with Gasteiger partial charge in [-0.2, -0.15) is 0 Å². The van der Waals surface area contributed by atoms with Crippen LogP contribution in [0.25, 0.3) is 0 Å². The fourth-order valence-electron chi connectivity index (χ4n) is 1.81. The molecule has 5 N–H and O–H groups in total.